The van der Waals surface area contributed by atoms with Gasteiger partial charge in [0.2, 0.25) is 0 Å². The van der Waals surface area contributed by atoms with Gasteiger partial charge >= 0.3 is 0 Å². The third-order valence-corrected chi connectivity index (χ3v) is 3.86. The number of halogens is 1. The van der Waals surface area contributed by atoms with Crippen LogP contribution in [0.15, 0.2) is 42.5 Å². The molecule has 0 aliphatic carbocycles. The summed E-state index contributed by atoms with van der Waals surface area (Å²) < 4.78 is 19.3. The van der Waals surface area contributed by atoms with Gasteiger partial charge in [0.15, 0.2) is 17.9 Å². The molecule has 3 heteroatoms. The summed E-state index contributed by atoms with van der Waals surface area (Å²) in [6, 6.07) is 11.8. The zero-order valence-corrected chi connectivity index (χ0v) is 12.5. The van der Waals surface area contributed by atoms with Gasteiger partial charge in [-0.1, -0.05) is 39.0 Å². The summed E-state index contributed by atoms with van der Waals surface area (Å²) in [5.41, 5.74) is 1.49. The second kappa shape index (κ2) is 6.08. The molecule has 2 nitrogen and oxygen atoms in total. The summed E-state index contributed by atoms with van der Waals surface area (Å²) in [6.45, 7) is 6.48. The number of carbonyl (C=O) groups is 1. The van der Waals surface area contributed by atoms with Gasteiger partial charge in [-0.05, 0) is 41.7 Å². The molecule has 0 heterocycles. The molecule has 0 fully saturated rings. The van der Waals surface area contributed by atoms with Gasteiger partial charge in [-0.2, -0.15) is 0 Å². The number of rotatable bonds is 5. The fraction of sp³-hybridized carbons (Fsp3) is 0.278. The summed E-state index contributed by atoms with van der Waals surface area (Å²) >= 11 is 0. The van der Waals surface area contributed by atoms with Gasteiger partial charge in [-0.15, -0.1) is 0 Å². The number of hydrogen-bond donors (Lipinski definition) is 0. The molecule has 21 heavy (non-hydrogen) atoms. The maximum Gasteiger partial charge on any atom is 0.173 e. The fourth-order valence-corrected chi connectivity index (χ4v) is 2.02. The zero-order chi connectivity index (χ0) is 15.5. The lowest BCUT2D eigenvalue weighted by atomic mass is 9.82. The van der Waals surface area contributed by atoms with E-state index < -0.39 is 5.82 Å². The first-order valence-corrected chi connectivity index (χ1v) is 7.00. The van der Waals surface area contributed by atoms with Crippen molar-refractivity contribution < 1.29 is 13.9 Å². The van der Waals surface area contributed by atoms with Crippen LogP contribution >= 0.6 is 0 Å². The van der Waals surface area contributed by atoms with E-state index in [-0.39, 0.29) is 16.7 Å². The molecule has 0 amide bonds. The van der Waals surface area contributed by atoms with Crippen molar-refractivity contribution in [3.05, 3.63) is 59.4 Å². The number of para-hydroxylation sites is 1. The van der Waals surface area contributed by atoms with Crippen molar-refractivity contribution in [1.29, 1.82) is 0 Å². The molecular formula is C18H19FO2. The Morgan fingerprint density at radius 3 is 2.38 bits per heavy atom. The Bertz CT molecular complexity index is 630. The van der Waals surface area contributed by atoms with Gasteiger partial charge in [0, 0.05) is 0 Å². The molecule has 2 aromatic carbocycles. The Morgan fingerprint density at radius 2 is 1.81 bits per heavy atom. The lowest BCUT2D eigenvalue weighted by molar-refractivity contribution is 0.112. The summed E-state index contributed by atoms with van der Waals surface area (Å²) in [4.78, 5) is 10.9. The first-order chi connectivity index (χ1) is 9.97. The van der Waals surface area contributed by atoms with Gasteiger partial charge in [-0.3, -0.25) is 4.79 Å². The molecule has 0 saturated carbocycles. The van der Waals surface area contributed by atoms with E-state index in [0.717, 1.165) is 6.42 Å². The third kappa shape index (κ3) is 3.30. The van der Waals surface area contributed by atoms with E-state index >= 15 is 0 Å². The minimum atomic E-state index is -0.544. The molecule has 110 valence electrons. The number of ether oxygens (including phenoxy) is 1. The van der Waals surface area contributed by atoms with E-state index in [4.69, 9.17) is 4.74 Å². The zero-order valence-electron chi connectivity index (χ0n) is 12.5. The summed E-state index contributed by atoms with van der Waals surface area (Å²) in [7, 11) is 0. The van der Waals surface area contributed by atoms with Crippen molar-refractivity contribution >= 4 is 6.29 Å². The maximum atomic E-state index is 13.8. The Labute approximate surface area is 124 Å². The van der Waals surface area contributed by atoms with Crippen LogP contribution in [-0.4, -0.2) is 6.29 Å². The molecule has 0 saturated heterocycles. The standard InChI is InChI=1S/C18H19FO2/c1-4-18(2,3)14-8-10-15(11-9-14)21-17-13(12-20)6-5-7-16(17)19/h5-12H,4H2,1-3H3. The number of aldehydes is 1. The van der Waals surface area contributed by atoms with Gasteiger partial charge in [-0.25, -0.2) is 4.39 Å². The van der Waals surface area contributed by atoms with Crippen LogP contribution in [0.25, 0.3) is 0 Å². The van der Waals surface area contributed by atoms with Crippen LogP contribution in [0.1, 0.15) is 43.1 Å². The molecule has 0 spiro atoms. The van der Waals surface area contributed by atoms with Crippen molar-refractivity contribution in [2.24, 2.45) is 0 Å². The van der Waals surface area contributed by atoms with E-state index in [1.807, 2.05) is 12.1 Å². The van der Waals surface area contributed by atoms with Crippen LogP contribution in [-0.2, 0) is 5.41 Å². The van der Waals surface area contributed by atoms with Crippen molar-refractivity contribution in [1.82, 2.24) is 0 Å². The maximum absolute atomic E-state index is 13.8. The van der Waals surface area contributed by atoms with E-state index in [1.54, 1.807) is 12.1 Å². The highest BCUT2D eigenvalue weighted by atomic mass is 19.1. The van der Waals surface area contributed by atoms with Gasteiger partial charge < -0.3 is 4.74 Å². The highest BCUT2D eigenvalue weighted by Gasteiger charge is 2.18. The molecule has 0 aromatic heterocycles. The van der Waals surface area contributed by atoms with Crippen LogP contribution in [0.3, 0.4) is 0 Å². The fourth-order valence-electron chi connectivity index (χ4n) is 2.02. The normalized spacial score (nSPS) is 11.2. The predicted octanol–water partition coefficient (Wildman–Crippen LogP) is 5.12. The van der Waals surface area contributed by atoms with Crippen LogP contribution in [0, 0.1) is 5.82 Å². The van der Waals surface area contributed by atoms with E-state index in [1.165, 1.54) is 23.8 Å². The highest BCUT2D eigenvalue weighted by molar-refractivity contribution is 5.79. The third-order valence-electron chi connectivity index (χ3n) is 3.86. The molecule has 0 bridgehead atoms. The Hall–Kier alpha value is -2.16. The number of benzene rings is 2. The number of carbonyl (C=O) groups excluding carboxylic acids is 1. The summed E-state index contributed by atoms with van der Waals surface area (Å²) in [5, 5.41) is 0. The molecule has 0 aliphatic heterocycles. The second-order valence-electron chi connectivity index (χ2n) is 5.64. The van der Waals surface area contributed by atoms with Gasteiger partial charge in [0.25, 0.3) is 0 Å². The Kier molecular flexibility index (Phi) is 4.41. The lowest BCUT2D eigenvalue weighted by Gasteiger charge is -2.23. The molecule has 2 aromatic rings. The largest absolute Gasteiger partial charge is 0.454 e. The van der Waals surface area contributed by atoms with Crippen LogP contribution in [0.5, 0.6) is 11.5 Å². The van der Waals surface area contributed by atoms with Crippen LogP contribution in [0.4, 0.5) is 4.39 Å². The molecular weight excluding hydrogens is 267 g/mol. The first-order valence-electron chi connectivity index (χ1n) is 7.00. The molecule has 0 aliphatic rings. The van der Waals surface area contributed by atoms with Crippen molar-refractivity contribution in [3.63, 3.8) is 0 Å². The average molecular weight is 286 g/mol. The van der Waals surface area contributed by atoms with Crippen LogP contribution in [0.2, 0.25) is 0 Å². The highest BCUT2D eigenvalue weighted by Crippen LogP contribution is 2.31. The summed E-state index contributed by atoms with van der Waals surface area (Å²) in [6.07, 6.45) is 1.61. The summed E-state index contributed by atoms with van der Waals surface area (Å²) in [5.74, 6) is -0.0635. The van der Waals surface area contributed by atoms with Gasteiger partial charge in [0.1, 0.15) is 5.75 Å². The Morgan fingerprint density at radius 1 is 1.14 bits per heavy atom. The van der Waals surface area contributed by atoms with Crippen LogP contribution < -0.4 is 4.74 Å². The van der Waals surface area contributed by atoms with Crippen molar-refractivity contribution in [2.75, 3.05) is 0 Å². The van der Waals surface area contributed by atoms with Crippen molar-refractivity contribution in [2.45, 2.75) is 32.6 Å². The average Bonchev–Trinajstić information content (AvgIpc) is 2.50. The minimum absolute atomic E-state index is 0.0324. The Balaban J connectivity index is 2.28. The SMILES string of the molecule is CCC(C)(C)c1ccc(Oc2c(F)cccc2C=O)cc1. The predicted molar refractivity (Wildman–Crippen MR) is 81.6 cm³/mol. The van der Waals surface area contributed by atoms with E-state index in [9.17, 15) is 9.18 Å². The van der Waals surface area contributed by atoms with Gasteiger partial charge in [0.05, 0.1) is 5.56 Å². The topological polar surface area (TPSA) is 26.3 Å². The van der Waals surface area contributed by atoms with E-state index in [2.05, 4.69) is 20.8 Å². The smallest absolute Gasteiger partial charge is 0.173 e. The van der Waals surface area contributed by atoms with Crippen molar-refractivity contribution in [3.8, 4) is 11.5 Å². The number of hydrogen-bond acceptors (Lipinski definition) is 2. The van der Waals surface area contributed by atoms with E-state index in [0.29, 0.717) is 12.0 Å². The molecule has 0 unspecified atom stereocenters. The molecule has 2 rings (SSSR count). The molecule has 0 radical (unpaired) electrons. The minimum Gasteiger partial charge on any atom is -0.454 e. The molecule has 0 N–H and O–H groups in total. The lowest BCUT2D eigenvalue weighted by Crippen LogP contribution is -2.14. The quantitative estimate of drug-likeness (QED) is 0.713. The monoisotopic (exact) mass is 286 g/mol. The molecule has 0 atom stereocenters. The first kappa shape index (κ1) is 15.2. The second-order valence-corrected chi connectivity index (χ2v) is 5.64.